The van der Waals surface area contributed by atoms with Gasteiger partial charge in [0, 0.05) is 68.5 Å². The average molecular weight is 1200 g/mol. The molecule has 4 N–H and O–H groups in total. The van der Waals surface area contributed by atoms with Crippen molar-refractivity contribution in [1.82, 2.24) is 50.7 Å². The predicted octanol–water partition coefficient (Wildman–Crippen LogP) is 2.06. The molecular weight excluding hydrogens is 1100 g/mol. The monoisotopic (exact) mass is 1200 g/mol. The third-order valence-corrected chi connectivity index (χ3v) is 16.3. The van der Waals surface area contributed by atoms with Crippen molar-refractivity contribution in [3.63, 3.8) is 0 Å². The Kier molecular flexibility index (Phi) is 30.0. The summed E-state index contributed by atoms with van der Waals surface area (Å²) in [5.41, 5.74) is 0. The van der Waals surface area contributed by atoms with Crippen LogP contribution in [0, 0.1) is 53.8 Å². The van der Waals surface area contributed by atoms with Crippen molar-refractivity contribution in [3.8, 4) is 12.3 Å². The number of likely N-dealkylation sites (N-methyl/N-ethyl adjacent to an activating group) is 5. The molecule has 2 aliphatic heterocycles. The van der Waals surface area contributed by atoms with Crippen LogP contribution in [0.25, 0.3) is 0 Å². The molecule has 24 heteroatoms. The smallest absolute Gasteiger partial charge is 0.311 e. The summed E-state index contributed by atoms with van der Waals surface area (Å²) in [6.07, 6.45) is 5.88. The number of fused-ring (bicyclic) bond motifs is 1. The second kappa shape index (κ2) is 34.1. The van der Waals surface area contributed by atoms with Crippen LogP contribution < -0.4 is 21.3 Å². The zero-order valence-corrected chi connectivity index (χ0v) is 54.7. The number of unbranched alkanes of at least 4 members (excludes halogenated alkanes) is 1. The Hall–Kier alpha value is -6.35. The lowest BCUT2D eigenvalue weighted by Gasteiger charge is -2.39. The van der Waals surface area contributed by atoms with Crippen molar-refractivity contribution >= 4 is 65.0 Å². The maximum Gasteiger partial charge on any atom is 0.311 e. The molecule has 2 heterocycles. The minimum Gasteiger partial charge on any atom is -0.452 e. The molecule has 2 aliphatic rings. The van der Waals surface area contributed by atoms with Gasteiger partial charge in [0.25, 0.3) is 5.91 Å². The van der Waals surface area contributed by atoms with Gasteiger partial charge in [0.15, 0.2) is 6.10 Å². The number of carbonyl (C=O) groups is 11. The molecule has 12 atom stereocenters. The Balaban J connectivity index is 2.92. The van der Waals surface area contributed by atoms with Crippen LogP contribution in [0.2, 0.25) is 0 Å². The van der Waals surface area contributed by atoms with E-state index in [-0.39, 0.29) is 44.9 Å². The number of hydrogen-bond donors (Lipinski definition) is 4. The minimum atomic E-state index is -1.44. The molecule has 482 valence electrons. The van der Waals surface area contributed by atoms with E-state index in [2.05, 4.69) is 27.2 Å². The maximum atomic E-state index is 14.9. The summed E-state index contributed by atoms with van der Waals surface area (Å²) < 4.78 is 16.8. The SMILES string of the molecule is C#CCCC[C@@H]1NC(=O)[C@H](C(C)C)N(C)C(=O)[C@H](C)N(C)C(=O)[C@H](COC)NC(=O)[C@H](C(C)C)N(C)C(=O)[C@H](CC(C)C)N(C)C(=O)[C@@H]2CCCN2C(=O)[C@H](C(C)C)NC(=O)[C@H](COC)N(C)C(=O)[C@H](C(C)C)NC(=O)[C@@H](C(C)C)OC(=O)[C@H]1C. The van der Waals surface area contributed by atoms with E-state index in [4.69, 9.17) is 20.6 Å². The number of methoxy groups -OCH3 is 2. The molecule has 24 nitrogen and oxygen atoms in total. The molecule has 0 aromatic heterocycles. The van der Waals surface area contributed by atoms with Crippen LogP contribution in [-0.2, 0) is 67.0 Å². The molecule has 0 bridgehead atoms. The van der Waals surface area contributed by atoms with Crippen LogP contribution in [0.5, 0.6) is 0 Å². The van der Waals surface area contributed by atoms with E-state index in [1.807, 2.05) is 13.8 Å². The van der Waals surface area contributed by atoms with Gasteiger partial charge in [-0.2, -0.15) is 0 Å². The third-order valence-electron chi connectivity index (χ3n) is 16.3. The maximum absolute atomic E-state index is 14.9. The summed E-state index contributed by atoms with van der Waals surface area (Å²) in [6, 6.07) is -11.8. The lowest BCUT2D eigenvalue weighted by Crippen LogP contribution is -2.62. The number of amides is 10. The Morgan fingerprint density at radius 2 is 1.06 bits per heavy atom. The van der Waals surface area contributed by atoms with Gasteiger partial charge in [0.05, 0.1) is 19.1 Å². The highest BCUT2D eigenvalue weighted by Crippen LogP contribution is 2.27. The van der Waals surface area contributed by atoms with Gasteiger partial charge in [-0.1, -0.05) is 83.1 Å². The first-order valence-electron chi connectivity index (χ1n) is 30.0. The highest BCUT2D eigenvalue weighted by Gasteiger charge is 2.46. The Morgan fingerprint density at radius 3 is 1.55 bits per heavy atom. The summed E-state index contributed by atoms with van der Waals surface area (Å²) in [5, 5.41) is 11.3. The second-order valence-corrected chi connectivity index (χ2v) is 25.2. The van der Waals surface area contributed by atoms with E-state index in [0.29, 0.717) is 19.3 Å². The Bertz CT molecular complexity index is 2370. The minimum absolute atomic E-state index is 0.136. The number of nitrogens with zero attached hydrogens (tertiary/aromatic N) is 6. The molecule has 0 aromatic rings. The van der Waals surface area contributed by atoms with E-state index < -0.39 is 167 Å². The van der Waals surface area contributed by atoms with Gasteiger partial charge < -0.3 is 64.9 Å². The normalized spacial score (nSPS) is 28.3. The number of carbonyl (C=O) groups excluding carboxylic acids is 11. The van der Waals surface area contributed by atoms with Gasteiger partial charge in [0.1, 0.15) is 54.4 Å². The fraction of sp³-hybridized carbons (Fsp3) is 0.787. The molecule has 0 saturated carbocycles. The molecule has 0 aliphatic carbocycles. The van der Waals surface area contributed by atoms with Crippen molar-refractivity contribution in [3.05, 3.63) is 0 Å². The van der Waals surface area contributed by atoms with Gasteiger partial charge in [-0.3, -0.25) is 52.7 Å². The average Bonchev–Trinajstić information content (AvgIpc) is 3.93. The second-order valence-electron chi connectivity index (χ2n) is 25.2. The standard InChI is InChI=1S/C61H104N10O14/c1-23-24-25-27-41-39(14)61(82)85-50(38(12)13)54(75)65-46(34(4)5)59(80)68(18)45(32-84-22)51(72)64-47(35(6)7)60(81)71-29-26-28-43(71)57(78)67(17)44(30-33(2)3)58(79)70(20)49(37(10)11)53(74)63-42(31-83-21)56(77)66(16)40(15)55(76)69(19)48(36(8)9)52(73)62-41/h1,33-50H,24-32H2,2-22H3,(H,62,73)(H,63,74)(H,64,72)(H,65,75)/t39-,40-,41-,42-,43-,44-,45-,46-,47-,48-,49-,50+/m0/s1. The molecule has 85 heavy (non-hydrogen) atoms. The lowest BCUT2D eigenvalue weighted by molar-refractivity contribution is -0.164. The van der Waals surface area contributed by atoms with E-state index >= 15 is 0 Å². The topological polar surface area (TPSA) is 283 Å². The zero-order chi connectivity index (χ0) is 65.2. The fourth-order valence-electron chi connectivity index (χ4n) is 11.0. The third kappa shape index (κ3) is 19.6. The van der Waals surface area contributed by atoms with E-state index in [9.17, 15) is 52.7 Å². The number of terminal acetylenes is 1. The van der Waals surface area contributed by atoms with Crippen LogP contribution in [-0.4, -0.2) is 230 Å². The first-order valence-corrected chi connectivity index (χ1v) is 30.0. The number of rotatable bonds is 14. The summed E-state index contributed by atoms with van der Waals surface area (Å²) in [4.78, 5) is 168. The summed E-state index contributed by atoms with van der Waals surface area (Å²) in [7, 11) is 9.76. The van der Waals surface area contributed by atoms with Crippen molar-refractivity contribution in [2.45, 2.75) is 202 Å². The Morgan fingerprint density at radius 1 is 0.553 bits per heavy atom. The van der Waals surface area contributed by atoms with Gasteiger partial charge in [-0.25, -0.2) is 0 Å². The van der Waals surface area contributed by atoms with E-state index in [1.165, 1.54) is 82.9 Å². The van der Waals surface area contributed by atoms with Gasteiger partial charge in [-0.15, -0.1) is 12.3 Å². The number of ether oxygens (including phenoxy) is 3. The fourth-order valence-corrected chi connectivity index (χ4v) is 11.0. The molecule has 0 radical (unpaired) electrons. The quantitative estimate of drug-likeness (QED) is 0.110. The number of esters is 1. The van der Waals surface area contributed by atoms with Crippen LogP contribution in [0.15, 0.2) is 0 Å². The van der Waals surface area contributed by atoms with Gasteiger partial charge in [0.2, 0.25) is 53.2 Å². The highest BCUT2D eigenvalue weighted by atomic mass is 16.5. The number of nitrogens with one attached hydrogen (secondary N) is 4. The van der Waals surface area contributed by atoms with Crippen molar-refractivity contribution in [2.75, 3.05) is 69.2 Å². The molecular formula is C61H104N10O14. The lowest BCUT2D eigenvalue weighted by atomic mass is 9.94. The number of cyclic esters (lactones) is 1. The first kappa shape index (κ1) is 74.7. The summed E-state index contributed by atoms with van der Waals surface area (Å²) in [6.45, 7) is 23.3. The van der Waals surface area contributed by atoms with E-state index in [1.54, 1.807) is 69.2 Å². The van der Waals surface area contributed by atoms with Gasteiger partial charge >= 0.3 is 5.97 Å². The van der Waals surface area contributed by atoms with Crippen LogP contribution in [0.1, 0.15) is 135 Å². The summed E-state index contributed by atoms with van der Waals surface area (Å²) >= 11 is 0. The highest BCUT2D eigenvalue weighted by molar-refractivity contribution is 5.99. The van der Waals surface area contributed by atoms with Crippen molar-refractivity contribution < 1.29 is 67.0 Å². The van der Waals surface area contributed by atoms with Crippen LogP contribution >= 0.6 is 0 Å². The van der Waals surface area contributed by atoms with Crippen molar-refractivity contribution in [2.24, 2.45) is 41.4 Å². The largest absolute Gasteiger partial charge is 0.452 e. The number of hydrogen-bond acceptors (Lipinski definition) is 14. The van der Waals surface area contributed by atoms with Crippen molar-refractivity contribution in [1.29, 1.82) is 0 Å². The predicted molar refractivity (Wildman–Crippen MR) is 320 cm³/mol. The Labute approximate surface area is 505 Å². The van der Waals surface area contributed by atoms with E-state index in [0.717, 1.165) is 9.80 Å². The molecule has 0 spiro atoms. The molecule has 0 unspecified atom stereocenters. The molecule has 2 saturated heterocycles. The van der Waals surface area contributed by atoms with Gasteiger partial charge in [-0.05, 0) is 81.5 Å². The molecule has 0 aromatic carbocycles. The van der Waals surface area contributed by atoms with Crippen LogP contribution in [0.3, 0.4) is 0 Å². The molecule has 2 rings (SSSR count). The zero-order valence-electron chi connectivity index (χ0n) is 54.7. The first-order chi connectivity index (χ1) is 39.5. The molecule has 10 amide bonds. The van der Waals surface area contributed by atoms with Crippen LogP contribution in [0.4, 0.5) is 0 Å². The summed E-state index contributed by atoms with van der Waals surface area (Å²) in [5.74, 6) is -8.94. The molecule has 2 fully saturated rings.